The van der Waals surface area contributed by atoms with E-state index in [-0.39, 0.29) is 183 Å². The van der Waals surface area contributed by atoms with Gasteiger partial charge in [0, 0.05) is 153 Å². The van der Waals surface area contributed by atoms with Crippen LogP contribution in [0.5, 0.6) is 0 Å². The van der Waals surface area contributed by atoms with Crippen molar-refractivity contribution < 1.29 is 127 Å². The van der Waals surface area contributed by atoms with Crippen molar-refractivity contribution in [3.05, 3.63) is 0 Å². The summed E-state index contributed by atoms with van der Waals surface area (Å²) in [5.41, 5.74) is -0.964. The second kappa shape index (κ2) is 57.4. The second-order valence-electron chi connectivity index (χ2n) is 33.1. The molecule has 0 spiro atoms. The van der Waals surface area contributed by atoms with Crippen LogP contribution in [0.3, 0.4) is 0 Å². The number of rotatable bonds is 62. The van der Waals surface area contributed by atoms with E-state index in [1.807, 2.05) is 0 Å². The fourth-order valence-electron chi connectivity index (χ4n) is 14.5. The van der Waals surface area contributed by atoms with E-state index >= 15 is 0 Å². The Morgan fingerprint density at radius 3 is 0.991 bits per heavy atom. The molecule has 0 aromatic rings. The highest BCUT2D eigenvalue weighted by atomic mass is 16.7. The van der Waals surface area contributed by atoms with Gasteiger partial charge in [-0.3, -0.25) is 38.4 Å². The van der Waals surface area contributed by atoms with Crippen LogP contribution < -0.4 is 31.9 Å². The number of nitrogens with one attached hydrogen (secondary N) is 6. The third kappa shape index (κ3) is 40.8. The molecule has 4 fully saturated rings. The molecule has 15 N–H and O–H groups in total. The molecule has 0 aromatic heterocycles. The van der Waals surface area contributed by atoms with Gasteiger partial charge in [0.05, 0.1) is 77.8 Å². The van der Waals surface area contributed by atoms with Crippen molar-refractivity contribution in [3.8, 4) is 0 Å². The summed E-state index contributed by atoms with van der Waals surface area (Å²) in [4.78, 5) is 107. The minimum atomic E-state index is -1.23. The molecule has 7 amide bonds. The molecule has 0 aliphatic carbocycles. The third-order valence-corrected chi connectivity index (χ3v) is 21.4. The summed E-state index contributed by atoms with van der Waals surface area (Å²) in [6, 6.07) is 0.306. The van der Waals surface area contributed by atoms with Crippen LogP contribution in [-0.2, 0) is 81.0 Å². The summed E-state index contributed by atoms with van der Waals surface area (Å²) in [5.74, 6) is -2.31. The van der Waals surface area contributed by atoms with E-state index in [0.29, 0.717) is 102 Å². The zero-order valence-corrected chi connectivity index (χ0v) is 69.5. The Morgan fingerprint density at radius 2 is 0.675 bits per heavy atom. The number of carbonyl (C=O) groups excluding carboxylic acids is 8. The Kier molecular flexibility index (Phi) is 51.2. The van der Waals surface area contributed by atoms with E-state index in [2.05, 4.69) is 64.5 Å². The maximum atomic E-state index is 14.2. The average Bonchev–Trinajstić information content (AvgIpc) is 1.27. The summed E-state index contributed by atoms with van der Waals surface area (Å²) in [5, 5.41) is 107. The largest absolute Gasteiger partial charge is 0.394 e. The number of ketones is 1. The Morgan fingerprint density at radius 1 is 0.377 bits per heavy atom. The number of aliphatic hydroxyl groups is 9. The Hall–Kier alpha value is -4.76. The van der Waals surface area contributed by atoms with Crippen LogP contribution in [0, 0.1) is 34.5 Å². The van der Waals surface area contributed by atoms with Gasteiger partial charge in [-0.05, 0) is 94.8 Å². The first kappa shape index (κ1) is 102. The number of unbranched alkanes of at least 4 members (excludes halogenated alkanes) is 10. The average molecular weight is 1640 g/mol. The van der Waals surface area contributed by atoms with E-state index in [1.165, 1.54) is 0 Å². The molecule has 4 aliphatic heterocycles. The molecule has 0 aromatic carbocycles. The van der Waals surface area contributed by atoms with Crippen molar-refractivity contribution in [2.24, 2.45) is 34.5 Å². The topological polar surface area (TPSA) is 477 Å². The molecule has 0 bridgehead atoms. The van der Waals surface area contributed by atoms with Gasteiger partial charge < -0.3 is 125 Å². The number of amides is 7. The number of Topliss-reactive ketones (excluding diaryl/α,β-unsaturated/α-hetero) is 1. The quantitative estimate of drug-likeness (QED) is 0.0389. The number of ether oxygens (including phenoxy) is 9. The zero-order valence-electron chi connectivity index (χ0n) is 69.5. The Bertz CT molecular complexity index is 2490. The normalized spacial score (nSPS) is 26.4. The van der Waals surface area contributed by atoms with Crippen molar-refractivity contribution in [2.45, 2.75) is 308 Å². The van der Waals surface area contributed by atoms with Gasteiger partial charge in [0.1, 0.15) is 42.4 Å². The molecular weight excluding hydrogens is 1490 g/mol. The molecule has 662 valence electrons. The van der Waals surface area contributed by atoms with Gasteiger partial charge in [-0.2, -0.15) is 0 Å². The summed E-state index contributed by atoms with van der Waals surface area (Å²) in [7, 11) is 0. The SMILES string of the molecule is CC1C(OCCCCC(=O)NCCCNC(=O)CCOCC(COCCC(=O)NCCCNC(=O)CCCCOC2OC(CO)C(O)C(O)C2C)(COCCC(=O)NCCCNC(=O)CCCCOC2OC(CO)C(O)C(O)C2C)CC(=O)CCCCCCCCCCC(=O)N2C[C@H](C)C[C@H]2CC(C)(C)C)OC(CO)C(O)C1O. The predicted octanol–water partition coefficient (Wildman–Crippen LogP) is 2.38. The van der Waals surface area contributed by atoms with Crippen LogP contribution in [0.2, 0.25) is 0 Å². The van der Waals surface area contributed by atoms with E-state index in [1.54, 1.807) is 20.8 Å². The van der Waals surface area contributed by atoms with Crippen molar-refractivity contribution in [1.29, 1.82) is 0 Å². The van der Waals surface area contributed by atoms with Crippen LogP contribution in [0.25, 0.3) is 0 Å². The zero-order chi connectivity index (χ0) is 83.9. The number of likely N-dealkylation sites (tertiary alicyclic amines) is 1. The summed E-state index contributed by atoms with van der Waals surface area (Å²) in [6.07, 6.45) is 2.81. The van der Waals surface area contributed by atoms with Crippen LogP contribution in [0.4, 0.5) is 0 Å². The second-order valence-corrected chi connectivity index (χ2v) is 33.1. The monoisotopic (exact) mass is 1630 g/mol. The first-order valence-corrected chi connectivity index (χ1v) is 42.4. The minimum Gasteiger partial charge on any atom is -0.394 e. The molecule has 0 radical (unpaired) electrons. The molecule has 114 heavy (non-hydrogen) atoms. The van der Waals surface area contributed by atoms with Crippen LogP contribution in [-0.4, -0.2) is 303 Å². The van der Waals surface area contributed by atoms with E-state index in [0.717, 1.165) is 64.3 Å². The minimum absolute atomic E-state index is 0.0338. The van der Waals surface area contributed by atoms with Gasteiger partial charge in [-0.15, -0.1) is 0 Å². The lowest BCUT2D eigenvalue weighted by Gasteiger charge is -2.40. The number of hydrogen-bond donors (Lipinski definition) is 15. The van der Waals surface area contributed by atoms with E-state index in [9.17, 15) is 84.3 Å². The molecule has 4 heterocycles. The van der Waals surface area contributed by atoms with Gasteiger partial charge in [0.2, 0.25) is 41.4 Å². The number of hydrogen-bond acceptors (Lipinski definition) is 26. The van der Waals surface area contributed by atoms with Crippen LogP contribution >= 0.6 is 0 Å². The predicted molar refractivity (Wildman–Crippen MR) is 420 cm³/mol. The fourth-order valence-corrected chi connectivity index (χ4v) is 14.5. The molecule has 4 saturated heterocycles. The molecule has 33 nitrogen and oxygen atoms in total. The van der Waals surface area contributed by atoms with Crippen molar-refractivity contribution in [3.63, 3.8) is 0 Å². The van der Waals surface area contributed by atoms with E-state index < -0.39 is 117 Å². The number of carbonyl (C=O) groups is 8. The molecule has 4 aliphatic rings. The summed E-state index contributed by atoms with van der Waals surface area (Å²) >= 11 is 0. The number of nitrogens with zero attached hydrogens (tertiary/aromatic N) is 1. The molecule has 4 rings (SSSR count). The highest BCUT2D eigenvalue weighted by Gasteiger charge is 2.45. The van der Waals surface area contributed by atoms with Gasteiger partial charge in [-0.1, -0.05) is 87.0 Å². The number of aliphatic hydroxyl groups excluding tert-OH is 9. The Labute approximate surface area is 675 Å². The maximum absolute atomic E-state index is 14.2. The van der Waals surface area contributed by atoms with Gasteiger partial charge in [-0.25, -0.2) is 0 Å². The van der Waals surface area contributed by atoms with Crippen molar-refractivity contribution >= 4 is 47.1 Å². The van der Waals surface area contributed by atoms with Crippen LogP contribution in [0.1, 0.15) is 228 Å². The van der Waals surface area contributed by atoms with Gasteiger partial charge >= 0.3 is 0 Å². The summed E-state index contributed by atoms with van der Waals surface area (Å²) in [6.45, 7) is 15.5. The lowest BCUT2D eigenvalue weighted by atomic mass is 9.84. The van der Waals surface area contributed by atoms with Crippen LogP contribution in [0.15, 0.2) is 0 Å². The van der Waals surface area contributed by atoms with Crippen molar-refractivity contribution in [1.82, 2.24) is 36.8 Å². The molecule has 17 atom stereocenters. The maximum Gasteiger partial charge on any atom is 0.222 e. The first-order chi connectivity index (χ1) is 54.5. The highest BCUT2D eigenvalue weighted by Crippen LogP contribution is 2.35. The third-order valence-electron chi connectivity index (χ3n) is 21.4. The lowest BCUT2D eigenvalue weighted by Crippen LogP contribution is -2.55. The fraction of sp³-hybridized carbons (Fsp3) is 0.901. The summed E-state index contributed by atoms with van der Waals surface area (Å²) < 4.78 is 52.7. The Balaban J connectivity index is 1.28. The molecule has 0 saturated carbocycles. The van der Waals surface area contributed by atoms with Gasteiger partial charge in [0.25, 0.3) is 0 Å². The first-order valence-electron chi connectivity index (χ1n) is 42.4. The van der Waals surface area contributed by atoms with Crippen molar-refractivity contribution in [2.75, 3.05) is 125 Å². The molecule has 33 heteroatoms. The van der Waals surface area contributed by atoms with Gasteiger partial charge in [0.15, 0.2) is 18.9 Å². The smallest absolute Gasteiger partial charge is 0.222 e. The highest BCUT2D eigenvalue weighted by molar-refractivity contribution is 5.80. The standard InChI is InChI=1S/C81H147N7O26/c1-55-45-59(46-80(5,6)7)88(48-55)70(99)29-15-13-11-9-8-10-12-14-25-60(92)47-81(52-106-42-30-67(96)85-36-22-33-82-64(93)26-16-19-39-109-77-56(2)71(100)74(103)61(49-89)112-77,53-107-43-31-68(97)86-37-23-34-83-65(94)27-17-20-40-110-78-57(3)72(101)75(104)62(50-90)113-78)54-108-44-32-69(98)87-38-24-35-84-66(95)28-18-21-41-111-79-58(4)73(102)76(105)63(51-91)114-79/h55-59,61-63,71-79,89-91,100-105H,8-54H2,1-7H3,(H,82,93)(H,83,94)(H,84,95)(H,85,96)(H,86,97)(H,87,98)/t55-,56?,57?,58?,59+,61?,62?,63?,71?,72?,73?,74?,75?,76?,77?,78?,79?,81?/m1/s1. The van der Waals surface area contributed by atoms with E-state index in [4.69, 9.17) is 42.6 Å². The molecular formula is C81H147N7O26. The molecule has 15 unspecified atom stereocenters. The lowest BCUT2D eigenvalue weighted by molar-refractivity contribution is -0.282.